The van der Waals surface area contributed by atoms with E-state index in [1.54, 1.807) is 41.2 Å². The van der Waals surface area contributed by atoms with Gasteiger partial charge in [0.25, 0.3) is 15.9 Å². The number of amides is 1. The van der Waals surface area contributed by atoms with Crippen molar-refractivity contribution < 1.29 is 17.9 Å². The summed E-state index contributed by atoms with van der Waals surface area (Å²) in [6.45, 7) is 3.30. The van der Waals surface area contributed by atoms with Crippen molar-refractivity contribution in [2.24, 2.45) is 0 Å². The molecular weight excluding hydrogens is 480 g/mol. The Bertz CT molecular complexity index is 1510. The Morgan fingerprint density at radius 2 is 1.83 bits per heavy atom. The van der Waals surface area contributed by atoms with Crippen molar-refractivity contribution in [3.05, 3.63) is 72.7 Å². The number of aromatic nitrogens is 3. The number of fused-ring (bicyclic) bond motifs is 1. The molecule has 1 N–H and O–H groups in total. The van der Waals surface area contributed by atoms with Crippen LogP contribution in [0.15, 0.2) is 71.9 Å². The number of nitrogens with one attached hydrogen (secondary N) is 1. The fourth-order valence-corrected chi connectivity index (χ4v) is 5.39. The lowest BCUT2D eigenvalue weighted by molar-refractivity contribution is 0.0977. The van der Waals surface area contributed by atoms with Crippen molar-refractivity contribution >= 4 is 32.5 Å². The summed E-state index contributed by atoms with van der Waals surface area (Å²) >= 11 is 0. The van der Waals surface area contributed by atoms with Crippen LogP contribution in [0.1, 0.15) is 10.5 Å². The summed E-state index contributed by atoms with van der Waals surface area (Å²) in [5.41, 5.74) is 2.09. The lowest BCUT2D eigenvalue weighted by Gasteiger charge is -2.34. The van der Waals surface area contributed by atoms with Crippen molar-refractivity contribution in [1.29, 1.82) is 0 Å². The maximum Gasteiger partial charge on any atom is 0.283 e. The van der Waals surface area contributed by atoms with E-state index in [0.717, 1.165) is 42.9 Å². The first-order valence-electron chi connectivity index (χ1n) is 11.4. The van der Waals surface area contributed by atoms with Crippen LogP contribution in [0.2, 0.25) is 0 Å². The Balaban J connectivity index is 1.43. The highest BCUT2D eigenvalue weighted by atomic mass is 32.2. The topological polar surface area (TPSA) is 110 Å². The van der Waals surface area contributed by atoms with Crippen molar-refractivity contribution in [3.63, 3.8) is 0 Å². The van der Waals surface area contributed by atoms with Gasteiger partial charge in [-0.05, 0) is 55.6 Å². The molecule has 2 aromatic heterocycles. The summed E-state index contributed by atoms with van der Waals surface area (Å²) in [7, 11) is -0.787. The maximum atomic E-state index is 13.3. The molecule has 5 rings (SSSR count). The summed E-state index contributed by atoms with van der Waals surface area (Å²) in [6.07, 6.45) is 3.48. The van der Waals surface area contributed by atoms with E-state index in [4.69, 9.17) is 4.74 Å². The molecule has 1 saturated heterocycles. The van der Waals surface area contributed by atoms with E-state index in [2.05, 4.69) is 31.7 Å². The van der Waals surface area contributed by atoms with Crippen LogP contribution in [0.4, 0.5) is 5.69 Å². The number of likely N-dealkylation sites (N-methyl/N-ethyl adjacent to an activating group) is 1. The smallest absolute Gasteiger partial charge is 0.283 e. The Morgan fingerprint density at radius 3 is 2.56 bits per heavy atom. The zero-order chi connectivity index (χ0) is 25.3. The minimum absolute atomic E-state index is 0.0159. The number of hydrogen-bond donors (Lipinski definition) is 1. The predicted octanol–water partition coefficient (Wildman–Crippen LogP) is 2.30. The standard InChI is InChI=1S/C25H26N6O4S/c1-29-13-15-30(16-14-29)18-7-10-23(35-2)24(17-18)36(33,34)28-25(32)21-9-8-19-20(27-21)5-3-6-22(19)31-12-4-11-26-31/h3-12,17H,13-16H2,1-2H3,(H,28,32). The van der Waals surface area contributed by atoms with Gasteiger partial charge in [0.15, 0.2) is 0 Å². The Morgan fingerprint density at radius 1 is 1.03 bits per heavy atom. The van der Waals surface area contributed by atoms with Crippen LogP contribution < -0.4 is 14.4 Å². The van der Waals surface area contributed by atoms with Gasteiger partial charge in [-0.15, -0.1) is 0 Å². The van der Waals surface area contributed by atoms with Crippen molar-refractivity contribution in [2.45, 2.75) is 4.90 Å². The molecule has 1 amide bonds. The van der Waals surface area contributed by atoms with Crippen molar-refractivity contribution in [3.8, 4) is 11.4 Å². The normalized spacial score (nSPS) is 14.7. The first kappa shape index (κ1) is 23.8. The monoisotopic (exact) mass is 506 g/mol. The molecule has 0 radical (unpaired) electrons. The molecular formula is C25H26N6O4S. The molecule has 0 bridgehead atoms. The van der Waals surface area contributed by atoms with Gasteiger partial charge in [-0.3, -0.25) is 4.79 Å². The molecule has 36 heavy (non-hydrogen) atoms. The first-order chi connectivity index (χ1) is 17.4. The van der Waals surface area contributed by atoms with E-state index in [0.29, 0.717) is 5.52 Å². The molecule has 0 aliphatic carbocycles. The number of piperazine rings is 1. The Hall–Kier alpha value is -3.96. The SMILES string of the molecule is COc1ccc(N2CCN(C)CC2)cc1S(=O)(=O)NC(=O)c1ccc2c(-n3cccn3)cccc2n1. The van der Waals surface area contributed by atoms with Crippen LogP contribution in [0, 0.1) is 0 Å². The number of sulfonamides is 1. The highest BCUT2D eigenvalue weighted by Crippen LogP contribution is 2.30. The van der Waals surface area contributed by atoms with Crippen LogP contribution in [0.3, 0.4) is 0 Å². The second-order valence-corrected chi connectivity index (χ2v) is 10.2. The number of hydrogen-bond acceptors (Lipinski definition) is 8. The number of carbonyl (C=O) groups is 1. The molecule has 10 nitrogen and oxygen atoms in total. The Kier molecular flexibility index (Phi) is 6.33. The summed E-state index contributed by atoms with van der Waals surface area (Å²) in [5.74, 6) is -0.669. The number of nitrogens with zero attached hydrogens (tertiary/aromatic N) is 5. The number of anilines is 1. The van der Waals surface area contributed by atoms with E-state index in [-0.39, 0.29) is 16.3 Å². The minimum atomic E-state index is -4.23. The zero-order valence-electron chi connectivity index (χ0n) is 20.0. The summed E-state index contributed by atoms with van der Waals surface area (Å²) in [6, 6.07) is 15.5. The molecule has 1 aliphatic heterocycles. The second-order valence-electron chi connectivity index (χ2n) is 8.55. The molecule has 3 heterocycles. The van der Waals surface area contributed by atoms with E-state index in [1.807, 2.05) is 24.4 Å². The number of methoxy groups -OCH3 is 1. The quantitative estimate of drug-likeness (QED) is 0.424. The lowest BCUT2D eigenvalue weighted by atomic mass is 10.1. The molecule has 0 atom stereocenters. The summed E-state index contributed by atoms with van der Waals surface area (Å²) < 4.78 is 35.7. The number of pyridine rings is 1. The van der Waals surface area contributed by atoms with Crippen molar-refractivity contribution in [1.82, 2.24) is 24.4 Å². The van der Waals surface area contributed by atoms with Crippen LogP contribution in [0.25, 0.3) is 16.6 Å². The second kappa shape index (κ2) is 9.59. The fourth-order valence-electron chi connectivity index (χ4n) is 4.24. The third-order valence-corrected chi connectivity index (χ3v) is 7.58. The van der Waals surface area contributed by atoms with Gasteiger partial charge in [0.1, 0.15) is 16.3 Å². The van der Waals surface area contributed by atoms with Crippen LogP contribution in [0.5, 0.6) is 5.75 Å². The number of ether oxygens (including phenoxy) is 1. The zero-order valence-corrected chi connectivity index (χ0v) is 20.8. The van der Waals surface area contributed by atoms with Gasteiger partial charge in [0, 0.05) is 49.6 Å². The molecule has 4 aromatic rings. The summed E-state index contributed by atoms with van der Waals surface area (Å²) in [5, 5.41) is 5.03. The van der Waals surface area contributed by atoms with E-state index < -0.39 is 15.9 Å². The molecule has 0 saturated carbocycles. The van der Waals surface area contributed by atoms with E-state index in [1.165, 1.54) is 13.2 Å². The third kappa shape index (κ3) is 4.62. The van der Waals surface area contributed by atoms with Gasteiger partial charge >= 0.3 is 0 Å². The van der Waals surface area contributed by atoms with Gasteiger partial charge in [0.05, 0.1) is 18.3 Å². The number of benzene rings is 2. The number of rotatable bonds is 6. The van der Waals surface area contributed by atoms with Crippen LogP contribution in [-0.4, -0.2) is 74.3 Å². The predicted molar refractivity (Wildman–Crippen MR) is 136 cm³/mol. The van der Waals surface area contributed by atoms with E-state index in [9.17, 15) is 13.2 Å². The molecule has 2 aromatic carbocycles. The van der Waals surface area contributed by atoms with Gasteiger partial charge in [-0.1, -0.05) is 6.07 Å². The fraction of sp³-hybridized carbons (Fsp3) is 0.240. The minimum Gasteiger partial charge on any atom is -0.495 e. The highest BCUT2D eigenvalue weighted by Gasteiger charge is 2.26. The molecule has 186 valence electrons. The van der Waals surface area contributed by atoms with Gasteiger partial charge in [-0.25, -0.2) is 22.8 Å². The van der Waals surface area contributed by atoms with Crippen molar-refractivity contribution in [2.75, 3.05) is 45.2 Å². The average Bonchev–Trinajstić information content (AvgIpc) is 3.43. The van der Waals surface area contributed by atoms with Crippen LogP contribution >= 0.6 is 0 Å². The summed E-state index contributed by atoms with van der Waals surface area (Å²) in [4.78, 5) is 21.6. The van der Waals surface area contributed by atoms with E-state index >= 15 is 0 Å². The third-order valence-electron chi connectivity index (χ3n) is 6.22. The van der Waals surface area contributed by atoms with Gasteiger partial charge in [-0.2, -0.15) is 5.10 Å². The van der Waals surface area contributed by atoms with Gasteiger partial charge in [0.2, 0.25) is 0 Å². The average molecular weight is 507 g/mol. The molecule has 1 fully saturated rings. The van der Waals surface area contributed by atoms with Crippen LogP contribution in [-0.2, 0) is 10.0 Å². The van der Waals surface area contributed by atoms with Gasteiger partial charge < -0.3 is 14.5 Å². The largest absolute Gasteiger partial charge is 0.495 e. The molecule has 1 aliphatic rings. The first-order valence-corrected chi connectivity index (χ1v) is 12.9. The molecule has 0 spiro atoms. The highest BCUT2D eigenvalue weighted by molar-refractivity contribution is 7.90. The molecule has 0 unspecified atom stereocenters. The molecule has 11 heteroatoms. The Labute approximate surface area is 209 Å². The lowest BCUT2D eigenvalue weighted by Crippen LogP contribution is -2.44. The maximum absolute atomic E-state index is 13.3. The number of carbonyl (C=O) groups excluding carboxylic acids is 1.